The van der Waals surface area contributed by atoms with E-state index in [1.165, 1.54) is 96.3 Å². The summed E-state index contributed by atoms with van der Waals surface area (Å²) < 4.78 is 28.3. The number of allylic oxidation sites excluding steroid dienone is 6. The van der Waals surface area contributed by atoms with Gasteiger partial charge in [-0.1, -0.05) is 211 Å². The molecule has 0 aromatic rings. The smallest absolute Gasteiger partial charge is 0.335 e. The number of carboxylic acids is 1. The van der Waals surface area contributed by atoms with Crippen molar-refractivity contribution in [2.45, 2.75) is 289 Å². The van der Waals surface area contributed by atoms with Gasteiger partial charge < -0.3 is 39.0 Å². The first kappa shape index (κ1) is 64.0. The number of rotatable bonds is 47. The van der Waals surface area contributed by atoms with Gasteiger partial charge in [0.05, 0.1) is 6.61 Å². The van der Waals surface area contributed by atoms with Gasteiger partial charge in [0.25, 0.3) is 0 Å². The Kier molecular flexibility index (Phi) is 42.7. The number of carbonyl (C=O) groups is 4. The number of aliphatic carboxylic acids is 1. The van der Waals surface area contributed by atoms with Crippen molar-refractivity contribution in [3.8, 4) is 0 Å². The van der Waals surface area contributed by atoms with Gasteiger partial charge in [0.2, 0.25) is 0 Å². The molecular formula is C57H100O12. The van der Waals surface area contributed by atoms with Crippen LogP contribution in [0.1, 0.15) is 252 Å². The molecule has 1 saturated heterocycles. The van der Waals surface area contributed by atoms with Gasteiger partial charge in [0, 0.05) is 19.3 Å². The second kappa shape index (κ2) is 46.0. The van der Waals surface area contributed by atoms with Gasteiger partial charge >= 0.3 is 23.9 Å². The quantitative estimate of drug-likeness (QED) is 0.0228. The van der Waals surface area contributed by atoms with Crippen LogP contribution in [0.25, 0.3) is 0 Å². The Morgan fingerprint density at radius 3 is 1.35 bits per heavy atom. The summed E-state index contributed by atoms with van der Waals surface area (Å²) in [6, 6.07) is 0. The van der Waals surface area contributed by atoms with Crippen molar-refractivity contribution in [1.82, 2.24) is 0 Å². The fourth-order valence-corrected chi connectivity index (χ4v) is 8.37. The molecule has 1 fully saturated rings. The lowest BCUT2D eigenvalue weighted by molar-refractivity contribution is -0.301. The van der Waals surface area contributed by atoms with Crippen molar-refractivity contribution in [2.75, 3.05) is 13.2 Å². The first-order valence-corrected chi connectivity index (χ1v) is 28.0. The third kappa shape index (κ3) is 36.5. The van der Waals surface area contributed by atoms with Gasteiger partial charge in [-0.2, -0.15) is 0 Å². The Balaban J connectivity index is 2.67. The Morgan fingerprint density at radius 1 is 0.478 bits per heavy atom. The van der Waals surface area contributed by atoms with Crippen LogP contribution in [0, 0.1) is 0 Å². The number of hydrogen-bond donors (Lipinski definition) is 3. The highest BCUT2D eigenvalue weighted by Gasteiger charge is 2.50. The molecule has 0 bridgehead atoms. The zero-order valence-corrected chi connectivity index (χ0v) is 43.8. The van der Waals surface area contributed by atoms with Crippen molar-refractivity contribution < 1.29 is 58.2 Å². The topological polar surface area (TPSA) is 175 Å². The van der Waals surface area contributed by atoms with E-state index in [9.17, 15) is 34.5 Å². The van der Waals surface area contributed by atoms with E-state index in [1.54, 1.807) is 0 Å². The number of ether oxygens (including phenoxy) is 5. The fraction of sp³-hybridized carbons (Fsp3) is 0.825. The lowest BCUT2D eigenvalue weighted by Crippen LogP contribution is -2.61. The highest BCUT2D eigenvalue weighted by molar-refractivity contribution is 5.74. The number of aliphatic hydroxyl groups excluding tert-OH is 2. The molecule has 0 amide bonds. The molecule has 12 heteroatoms. The van der Waals surface area contributed by atoms with Crippen LogP contribution in [0.3, 0.4) is 0 Å². The number of unbranched alkanes of at least 4 members (excludes halogenated alkanes) is 27. The molecule has 0 saturated carbocycles. The van der Waals surface area contributed by atoms with Crippen LogP contribution >= 0.6 is 0 Å². The van der Waals surface area contributed by atoms with Gasteiger partial charge in [-0.25, -0.2) is 4.79 Å². The lowest BCUT2D eigenvalue weighted by Gasteiger charge is -2.40. The molecule has 0 spiro atoms. The van der Waals surface area contributed by atoms with Gasteiger partial charge in [-0.15, -0.1) is 0 Å². The average molecular weight is 977 g/mol. The summed E-state index contributed by atoms with van der Waals surface area (Å²) >= 11 is 0. The number of esters is 3. The summed E-state index contributed by atoms with van der Waals surface area (Å²) in [4.78, 5) is 50.8. The minimum absolute atomic E-state index is 0.0628. The minimum Gasteiger partial charge on any atom is -0.479 e. The Bertz CT molecular complexity index is 1350. The first-order chi connectivity index (χ1) is 33.6. The van der Waals surface area contributed by atoms with Crippen LogP contribution in [0.5, 0.6) is 0 Å². The van der Waals surface area contributed by atoms with E-state index in [1.807, 2.05) is 0 Å². The van der Waals surface area contributed by atoms with E-state index >= 15 is 0 Å². The molecule has 12 nitrogen and oxygen atoms in total. The maximum Gasteiger partial charge on any atom is 0.335 e. The predicted octanol–water partition coefficient (Wildman–Crippen LogP) is 13.7. The molecule has 0 aromatic heterocycles. The molecule has 0 aliphatic carbocycles. The molecule has 0 aromatic carbocycles. The fourth-order valence-electron chi connectivity index (χ4n) is 8.37. The van der Waals surface area contributed by atoms with Crippen molar-refractivity contribution in [3.63, 3.8) is 0 Å². The molecule has 6 unspecified atom stereocenters. The zero-order valence-electron chi connectivity index (χ0n) is 43.8. The van der Waals surface area contributed by atoms with E-state index in [0.717, 1.165) is 96.3 Å². The Labute approximate surface area is 419 Å². The molecule has 1 aliphatic rings. The van der Waals surface area contributed by atoms with Gasteiger partial charge in [0.1, 0.15) is 18.8 Å². The SMILES string of the molecule is CCCCC/C=C\C/C=C\C/C=C\CCCCCCCCC(=O)OCC(COC1OC(C(=O)O)C(O)C(O)C1OC(=O)CCCCCCCCCCC)OC(=O)CCCCCCCCCCCCC. The molecule has 1 aliphatic heterocycles. The summed E-state index contributed by atoms with van der Waals surface area (Å²) in [5.74, 6) is -3.12. The number of hydrogen-bond acceptors (Lipinski definition) is 11. The van der Waals surface area contributed by atoms with Crippen LogP contribution in [0.2, 0.25) is 0 Å². The summed E-state index contributed by atoms with van der Waals surface area (Å²) in [6.45, 7) is 5.91. The predicted molar refractivity (Wildman–Crippen MR) is 276 cm³/mol. The molecule has 0 radical (unpaired) electrons. The van der Waals surface area contributed by atoms with E-state index in [2.05, 4.69) is 57.2 Å². The molecule has 69 heavy (non-hydrogen) atoms. The van der Waals surface area contributed by atoms with E-state index in [-0.39, 0.29) is 25.9 Å². The lowest BCUT2D eigenvalue weighted by atomic mass is 9.98. The molecule has 1 rings (SSSR count). The van der Waals surface area contributed by atoms with Crippen LogP contribution in [0.15, 0.2) is 36.5 Å². The minimum atomic E-state index is -1.90. The molecular weight excluding hydrogens is 877 g/mol. The van der Waals surface area contributed by atoms with Crippen LogP contribution in [-0.2, 0) is 42.9 Å². The van der Waals surface area contributed by atoms with Crippen molar-refractivity contribution in [2.24, 2.45) is 0 Å². The maximum atomic E-state index is 13.1. The molecule has 1 heterocycles. The van der Waals surface area contributed by atoms with Gasteiger partial charge in [-0.05, 0) is 57.8 Å². The summed E-state index contributed by atoms with van der Waals surface area (Å²) in [5.41, 5.74) is 0. The Hall–Kier alpha value is -3.06. The number of carbonyl (C=O) groups excluding carboxylic acids is 3. The largest absolute Gasteiger partial charge is 0.479 e. The number of carboxylic acid groups (broad SMARTS) is 1. The summed E-state index contributed by atoms with van der Waals surface area (Å²) in [5, 5.41) is 31.3. The van der Waals surface area contributed by atoms with Crippen LogP contribution < -0.4 is 0 Å². The Morgan fingerprint density at radius 2 is 0.870 bits per heavy atom. The van der Waals surface area contributed by atoms with Crippen LogP contribution in [-0.4, -0.2) is 89.2 Å². The van der Waals surface area contributed by atoms with Crippen molar-refractivity contribution in [1.29, 1.82) is 0 Å². The molecule has 3 N–H and O–H groups in total. The zero-order chi connectivity index (χ0) is 50.4. The normalized spacial score (nSPS) is 18.9. The summed E-state index contributed by atoms with van der Waals surface area (Å²) in [6.07, 6.45) is 40.0. The summed E-state index contributed by atoms with van der Waals surface area (Å²) in [7, 11) is 0. The average Bonchev–Trinajstić information content (AvgIpc) is 3.33. The van der Waals surface area contributed by atoms with E-state index < -0.39 is 67.3 Å². The second-order valence-electron chi connectivity index (χ2n) is 19.2. The van der Waals surface area contributed by atoms with Crippen LogP contribution in [0.4, 0.5) is 0 Å². The van der Waals surface area contributed by atoms with Crippen molar-refractivity contribution >= 4 is 23.9 Å². The van der Waals surface area contributed by atoms with E-state index in [4.69, 9.17) is 23.7 Å². The van der Waals surface area contributed by atoms with E-state index in [0.29, 0.717) is 19.3 Å². The standard InChI is InChI=1S/C57H100O12/c1-4-7-10-13-16-19-21-22-23-24-25-26-27-28-30-32-34-37-40-43-49(58)65-46-48(67-50(59)44-41-38-36-33-29-20-17-14-11-8-5-2)47-66-57-55(53(62)52(61)54(69-57)56(63)64)68-51(60)45-42-39-35-31-18-15-12-9-6-3/h16,19,22-23,25-26,48,52-55,57,61-62H,4-15,17-18,20-21,24,27-47H2,1-3H3,(H,63,64)/b19-16-,23-22-,26-25-. The van der Waals surface area contributed by atoms with Gasteiger partial charge in [-0.3, -0.25) is 14.4 Å². The third-order valence-corrected chi connectivity index (χ3v) is 12.7. The number of aliphatic hydroxyl groups is 2. The molecule has 400 valence electrons. The maximum absolute atomic E-state index is 13.1. The molecule has 6 atom stereocenters. The first-order valence-electron chi connectivity index (χ1n) is 28.0. The second-order valence-corrected chi connectivity index (χ2v) is 19.2. The highest BCUT2D eigenvalue weighted by Crippen LogP contribution is 2.26. The third-order valence-electron chi connectivity index (χ3n) is 12.7. The highest BCUT2D eigenvalue weighted by atomic mass is 16.7. The monoisotopic (exact) mass is 977 g/mol. The van der Waals surface area contributed by atoms with Crippen molar-refractivity contribution in [3.05, 3.63) is 36.5 Å². The van der Waals surface area contributed by atoms with Gasteiger partial charge in [0.15, 0.2) is 24.6 Å².